The summed E-state index contributed by atoms with van der Waals surface area (Å²) in [4.78, 5) is 3.98. The van der Waals surface area contributed by atoms with E-state index in [0.717, 1.165) is 12.5 Å². The molecule has 1 aromatic heterocycles. The van der Waals surface area contributed by atoms with Crippen LogP contribution in [-0.4, -0.2) is 20.8 Å². The van der Waals surface area contributed by atoms with Gasteiger partial charge in [0.25, 0.3) is 0 Å². The molecule has 1 fully saturated rings. The molecule has 2 unspecified atom stereocenters. The first-order chi connectivity index (χ1) is 9.83. The van der Waals surface area contributed by atoms with E-state index in [4.69, 9.17) is 0 Å². The highest BCUT2D eigenvalue weighted by molar-refractivity contribution is 5.46. The molecule has 1 aromatic carbocycles. The van der Waals surface area contributed by atoms with Crippen molar-refractivity contribution >= 4 is 5.69 Å². The largest absolute Gasteiger partial charge is 0.382 e. The molecule has 3 rings (SSSR count). The minimum absolute atomic E-state index is 0.640. The smallest absolute Gasteiger partial charge is 0.137 e. The normalized spacial score (nSPS) is 22.1. The molecule has 0 bridgehead atoms. The van der Waals surface area contributed by atoms with Gasteiger partial charge in [-0.15, -0.1) is 0 Å². The number of hydrogen-bond donors (Lipinski definition) is 1. The second kappa shape index (κ2) is 6.07. The lowest BCUT2D eigenvalue weighted by atomic mass is 10.1. The van der Waals surface area contributed by atoms with Crippen molar-refractivity contribution in [3.05, 3.63) is 42.5 Å². The summed E-state index contributed by atoms with van der Waals surface area (Å²) < 4.78 is 1.85. The Hall–Kier alpha value is -1.84. The summed E-state index contributed by atoms with van der Waals surface area (Å²) in [6.45, 7) is 3.07. The van der Waals surface area contributed by atoms with Crippen LogP contribution in [0.4, 0.5) is 5.69 Å². The summed E-state index contributed by atoms with van der Waals surface area (Å²) in [7, 11) is 0. The van der Waals surface area contributed by atoms with Crippen LogP contribution in [0.2, 0.25) is 0 Å². The van der Waals surface area contributed by atoms with Crippen LogP contribution in [0.25, 0.3) is 0 Å². The van der Waals surface area contributed by atoms with Crippen molar-refractivity contribution in [1.82, 2.24) is 14.8 Å². The topological polar surface area (TPSA) is 42.7 Å². The highest BCUT2D eigenvalue weighted by Gasteiger charge is 2.22. The van der Waals surface area contributed by atoms with Gasteiger partial charge < -0.3 is 5.32 Å². The Morgan fingerprint density at radius 1 is 1.35 bits per heavy atom. The number of benzene rings is 1. The first kappa shape index (κ1) is 13.2. The number of anilines is 1. The van der Waals surface area contributed by atoms with Crippen LogP contribution in [0, 0.1) is 5.92 Å². The van der Waals surface area contributed by atoms with E-state index in [0.29, 0.717) is 6.04 Å². The molecule has 0 spiro atoms. The molecule has 0 radical (unpaired) electrons. The van der Waals surface area contributed by atoms with E-state index >= 15 is 0 Å². The lowest BCUT2D eigenvalue weighted by Gasteiger charge is -2.15. The van der Waals surface area contributed by atoms with E-state index in [1.54, 1.807) is 12.7 Å². The minimum Gasteiger partial charge on any atom is -0.382 e. The Morgan fingerprint density at radius 3 is 3.05 bits per heavy atom. The van der Waals surface area contributed by atoms with E-state index in [2.05, 4.69) is 46.6 Å². The Bertz CT molecular complexity index is 535. The van der Waals surface area contributed by atoms with Crippen LogP contribution in [0.15, 0.2) is 36.9 Å². The summed E-state index contributed by atoms with van der Waals surface area (Å²) in [6, 6.07) is 9.27. The van der Waals surface area contributed by atoms with Crippen molar-refractivity contribution in [2.45, 2.75) is 45.2 Å². The summed E-state index contributed by atoms with van der Waals surface area (Å²) in [5.41, 5.74) is 2.48. The van der Waals surface area contributed by atoms with Gasteiger partial charge in [-0.1, -0.05) is 25.5 Å². The second-order valence-electron chi connectivity index (χ2n) is 5.72. The third-order valence-corrected chi connectivity index (χ3v) is 4.23. The molecule has 1 aliphatic rings. The summed E-state index contributed by atoms with van der Waals surface area (Å²) in [5, 5.41) is 7.83. The number of aromatic nitrogens is 3. The van der Waals surface area contributed by atoms with Crippen LogP contribution >= 0.6 is 0 Å². The number of nitrogens with zero attached hydrogens (tertiary/aromatic N) is 3. The first-order valence-electron chi connectivity index (χ1n) is 7.51. The zero-order chi connectivity index (χ0) is 13.8. The number of rotatable bonds is 5. The molecule has 2 aromatic rings. The van der Waals surface area contributed by atoms with Gasteiger partial charge in [0.05, 0.1) is 6.54 Å². The van der Waals surface area contributed by atoms with Gasteiger partial charge in [0.15, 0.2) is 0 Å². The third-order valence-electron chi connectivity index (χ3n) is 4.23. The van der Waals surface area contributed by atoms with Gasteiger partial charge in [-0.2, -0.15) is 5.10 Å². The molecule has 1 N–H and O–H groups in total. The zero-order valence-electron chi connectivity index (χ0n) is 12.0. The minimum atomic E-state index is 0.640. The average molecular weight is 270 g/mol. The van der Waals surface area contributed by atoms with Gasteiger partial charge >= 0.3 is 0 Å². The van der Waals surface area contributed by atoms with Gasteiger partial charge in [-0.3, -0.25) is 0 Å². The van der Waals surface area contributed by atoms with Gasteiger partial charge in [0.2, 0.25) is 0 Å². The molecule has 2 atom stereocenters. The standard InChI is InChI=1S/C16H22N4/c1-2-13-6-7-16(8-13)19-15-5-3-4-14(9-15)10-20-12-17-11-18-20/h3-5,9,11-13,16,19H,2,6-8,10H2,1H3. The van der Waals surface area contributed by atoms with Crippen molar-refractivity contribution in [1.29, 1.82) is 0 Å². The van der Waals surface area contributed by atoms with E-state index in [1.165, 1.54) is 36.9 Å². The SMILES string of the molecule is CCC1CCC(Nc2cccc(Cn3cncn3)c2)C1. The second-order valence-corrected chi connectivity index (χ2v) is 5.72. The van der Waals surface area contributed by atoms with Crippen LogP contribution in [-0.2, 0) is 6.54 Å². The van der Waals surface area contributed by atoms with Crippen molar-refractivity contribution in [2.24, 2.45) is 5.92 Å². The molecular weight excluding hydrogens is 248 g/mol. The third kappa shape index (κ3) is 3.18. The fourth-order valence-corrected chi connectivity index (χ4v) is 3.07. The molecule has 1 heterocycles. The molecular formula is C16H22N4. The molecule has 20 heavy (non-hydrogen) atoms. The van der Waals surface area contributed by atoms with Crippen molar-refractivity contribution < 1.29 is 0 Å². The van der Waals surface area contributed by atoms with E-state index in [-0.39, 0.29) is 0 Å². The maximum atomic E-state index is 4.15. The van der Waals surface area contributed by atoms with E-state index in [1.807, 2.05) is 4.68 Å². The average Bonchev–Trinajstić information content (AvgIpc) is 3.11. The molecule has 1 saturated carbocycles. The highest BCUT2D eigenvalue weighted by atomic mass is 15.3. The molecule has 0 saturated heterocycles. The molecule has 1 aliphatic carbocycles. The predicted octanol–water partition coefficient (Wildman–Crippen LogP) is 3.32. The van der Waals surface area contributed by atoms with Crippen LogP contribution in [0.5, 0.6) is 0 Å². The monoisotopic (exact) mass is 270 g/mol. The molecule has 106 valence electrons. The Morgan fingerprint density at radius 2 is 2.30 bits per heavy atom. The van der Waals surface area contributed by atoms with Crippen molar-refractivity contribution in [3.63, 3.8) is 0 Å². The maximum Gasteiger partial charge on any atom is 0.137 e. The fraction of sp³-hybridized carbons (Fsp3) is 0.500. The van der Waals surface area contributed by atoms with E-state index < -0.39 is 0 Å². The Kier molecular flexibility index (Phi) is 4.00. The lowest BCUT2D eigenvalue weighted by Crippen LogP contribution is -2.15. The number of nitrogens with one attached hydrogen (secondary N) is 1. The molecule has 4 heteroatoms. The van der Waals surface area contributed by atoms with Gasteiger partial charge in [0, 0.05) is 11.7 Å². The number of hydrogen-bond acceptors (Lipinski definition) is 3. The quantitative estimate of drug-likeness (QED) is 0.906. The van der Waals surface area contributed by atoms with Crippen molar-refractivity contribution in [2.75, 3.05) is 5.32 Å². The Labute approximate surface area is 120 Å². The fourth-order valence-electron chi connectivity index (χ4n) is 3.07. The summed E-state index contributed by atoms with van der Waals surface area (Å²) in [5.74, 6) is 0.908. The van der Waals surface area contributed by atoms with Crippen LogP contribution < -0.4 is 5.32 Å². The lowest BCUT2D eigenvalue weighted by molar-refractivity contribution is 0.525. The molecule has 0 aliphatic heterocycles. The summed E-state index contributed by atoms with van der Waals surface area (Å²) >= 11 is 0. The highest BCUT2D eigenvalue weighted by Crippen LogP contribution is 2.30. The van der Waals surface area contributed by atoms with Crippen LogP contribution in [0.3, 0.4) is 0 Å². The predicted molar refractivity (Wildman–Crippen MR) is 80.6 cm³/mol. The summed E-state index contributed by atoms with van der Waals surface area (Å²) in [6.07, 6.45) is 8.61. The van der Waals surface area contributed by atoms with Gasteiger partial charge in [0.1, 0.15) is 12.7 Å². The molecule has 4 nitrogen and oxygen atoms in total. The van der Waals surface area contributed by atoms with Gasteiger partial charge in [-0.25, -0.2) is 9.67 Å². The first-order valence-corrected chi connectivity index (χ1v) is 7.51. The van der Waals surface area contributed by atoms with Crippen LogP contribution in [0.1, 0.15) is 38.2 Å². The van der Waals surface area contributed by atoms with E-state index in [9.17, 15) is 0 Å². The Balaban J connectivity index is 1.62. The van der Waals surface area contributed by atoms with Crippen molar-refractivity contribution in [3.8, 4) is 0 Å². The maximum absolute atomic E-state index is 4.15. The zero-order valence-corrected chi connectivity index (χ0v) is 12.0. The van der Waals surface area contributed by atoms with Gasteiger partial charge in [-0.05, 0) is 42.9 Å². The molecule has 0 amide bonds.